The van der Waals surface area contributed by atoms with Gasteiger partial charge < -0.3 is 10.0 Å². The van der Waals surface area contributed by atoms with E-state index in [0.29, 0.717) is 5.95 Å². The van der Waals surface area contributed by atoms with E-state index in [0.717, 1.165) is 13.1 Å². The Kier molecular flexibility index (Phi) is 3.11. The first kappa shape index (κ1) is 10.6. The molecule has 1 aromatic heterocycles. The first-order valence-corrected chi connectivity index (χ1v) is 4.65. The summed E-state index contributed by atoms with van der Waals surface area (Å²) in [5.41, 5.74) is -0.0414. The van der Waals surface area contributed by atoms with Crippen LogP contribution in [0.4, 0.5) is 5.95 Å². The molecule has 78 valence electrons. The van der Waals surface area contributed by atoms with Gasteiger partial charge in [0.15, 0.2) is 0 Å². The molecule has 0 saturated heterocycles. The van der Waals surface area contributed by atoms with Gasteiger partial charge in [0.1, 0.15) is 0 Å². The molecular formula is C9H15N3O2. The molecule has 0 aliphatic rings. The molecule has 2 N–H and O–H groups in total. The van der Waals surface area contributed by atoms with Crippen molar-refractivity contribution < 1.29 is 5.11 Å². The highest BCUT2D eigenvalue weighted by Gasteiger charge is 2.09. The molecular weight excluding hydrogens is 182 g/mol. The van der Waals surface area contributed by atoms with E-state index in [1.807, 2.05) is 18.7 Å². The van der Waals surface area contributed by atoms with E-state index in [2.05, 4.69) is 9.97 Å². The van der Waals surface area contributed by atoms with Crippen LogP contribution in [-0.4, -0.2) is 28.2 Å². The van der Waals surface area contributed by atoms with Crippen molar-refractivity contribution in [2.45, 2.75) is 20.8 Å². The highest BCUT2D eigenvalue weighted by atomic mass is 16.3. The minimum atomic E-state index is -0.292. The lowest BCUT2D eigenvalue weighted by molar-refractivity contribution is 0.446. The molecule has 1 heterocycles. The van der Waals surface area contributed by atoms with Crippen LogP contribution < -0.4 is 10.5 Å². The van der Waals surface area contributed by atoms with Crippen molar-refractivity contribution >= 4 is 5.95 Å². The normalized spacial score (nSPS) is 10.2. The number of anilines is 1. The number of hydrogen-bond acceptors (Lipinski definition) is 4. The number of nitrogens with one attached hydrogen (secondary N) is 1. The number of H-pyrrole nitrogens is 1. The first-order chi connectivity index (χ1) is 6.60. The van der Waals surface area contributed by atoms with Gasteiger partial charge >= 0.3 is 0 Å². The molecule has 0 unspecified atom stereocenters. The Morgan fingerprint density at radius 3 is 2.43 bits per heavy atom. The van der Waals surface area contributed by atoms with Crippen molar-refractivity contribution in [3.05, 3.63) is 15.9 Å². The van der Waals surface area contributed by atoms with Crippen LogP contribution in [0.3, 0.4) is 0 Å². The first-order valence-electron chi connectivity index (χ1n) is 4.65. The molecule has 5 nitrogen and oxygen atoms in total. The van der Waals surface area contributed by atoms with Crippen LogP contribution in [0.1, 0.15) is 19.4 Å². The van der Waals surface area contributed by atoms with Gasteiger partial charge in [-0.2, -0.15) is 4.98 Å². The molecule has 0 saturated carbocycles. The molecule has 0 amide bonds. The van der Waals surface area contributed by atoms with Crippen molar-refractivity contribution in [2.75, 3.05) is 18.0 Å². The molecule has 0 aliphatic carbocycles. The second-order valence-electron chi connectivity index (χ2n) is 3.01. The Hall–Kier alpha value is -1.52. The van der Waals surface area contributed by atoms with Gasteiger partial charge in [0.25, 0.3) is 5.56 Å². The minimum Gasteiger partial charge on any atom is -0.493 e. The summed E-state index contributed by atoms with van der Waals surface area (Å²) in [7, 11) is 0. The smallest absolute Gasteiger partial charge is 0.259 e. The number of aromatic amines is 1. The lowest BCUT2D eigenvalue weighted by Gasteiger charge is -2.18. The summed E-state index contributed by atoms with van der Waals surface area (Å²) < 4.78 is 0. The maximum atomic E-state index is 11.3. The molecule has 0 radical (unpaired) electrons. The largest absolute Gasteiger partial charge is 0.493 e. The van der Waals surface area contributed by atoms with Crippen molar-refractivity contribution in [3.8, 4) is 5.88 Å². The molecule has 0 atom stereocenters. The fourth-order valence-corrected chi connectivity index (χ4v) is 1.18. The molecule has 0 bridgehead atoms. The van der Waals surface area contributed by atoms with Gasteiger partial charge in [0.2, 0.25) is 11.8 Å². The van der Waals surface area contributed by atoms with Gasteiger partial charge in [0.05, 0.1) is 5.56 Å². The maximum absolute atomic E-state index is 11.3. The fourth-order valence-electron chi connectivity index (χ4n) is 1.18. The number of aromatic hydroxyl groups is 1. The Balaban J connectivity index is 3.18. The lowest BCUT2D eigenvalue weighted by atomic mass is 10.3. The second kappa shape index (κ2) is 4.13. The Morgan fingerprint density at radius 1 is 1.43 bits per heavy atom. The fraction of sp³-hybridized carbons (Fsp3) is 0.556. The zero-order chi connectivity index (χ0) is 10.7. The molecule has 1 aromatic rings. The summed E-state index contributed by atoms with van der Waals surface area (Å²) >= 11 is 0. The number of nitrogens with zero attached hydrogens (tertiary/aromatic N) is 2. The third kappa shape index (κ3) is 1.86. The Morgan fingerprint density at radius 2 is 2.00 bits per heavy atom. The van der Waals surface area contributed by atoms with Gasteiger partial charge in [0, 0.05) is 13.1 Å². The summed E-state index contributed by atoms with van der Waals surface area (Å²) in [4.78, 5) is 19.7. The predicted molar refractivity (Wildman–Crippen MR) is 54.8 cm³/mol. The van der Waals surface area contributed by atoms with E-state index in [1.165, 1.54) is 6.92 Å². The van der Waals surface area contributed by atoms with Crippen LogP contribution in [0.15, 0.2) is 4.79 Å². The highest BCUT2D eigenvalue weighted by Crippen LogP contribution is 2.11. The van der Waals surface area contributed by atoms with Crippen LogP contribution in [0.25, 0.3) is 0 Å². The van der Waals surface area contributed by atoms with Gasteiger partial charge in [-0.1, -0.05) is 0 Å². The molecule has 0 aromatic carbocycles. The van der Waals surface area contributed by atoms with Crippen molar-refractivity contribution in [1.82, 2.24) is 9.97 Å². The topological polar surface area (TPSA) is 69.2 Å². The summed E-state index contributed by atoms with van der Waals surface area (Å²) in [5, 5.41) is 9.36. The average Bonchev–Trinajstić information content (AvgIpc) is 2.16. The maximum Gasteiger partial charge on any atom is 0.259 e. The molecule has 0 aliphatic heterocycles. The van der Waals surface area contributed by atoms with Crippen LogP contribution in [0.5, 0.6) is 5.88 Å². The third-order valence-corrected chi connectivity index (χ3v) is 2.18. The van der Waals surface area contributed by atoms with E-state index < -0.39 is 0 Å². The van der Waals surface area contributed by atoms with E-state index in [-0.39, 0.29) is 17.0 Å². The number of rotatable bonds is 3. The molecule has 5 heteroatoms. The minimum absolute atomic E-state index is 0.198. The summed E-state index contributed by atoms with van der Waals surface area (Å²) in [6.07, 6.45) is 0. The van der Waals surface area contributed by atoms with Gasteiger partial charge in [-0.3, -0.25) is 9.78 Å². The van der Waals surface area contributed by atoms with Crippen LogP contribution >= 0.6 is 0 Å². The third-order valence-electron chi connectivity index (χ3n) is 2.18. The number of hydrogen-bond donors (Lipinski definition) is 2. The summed E-state index contributed by atoms with van der Waals surface area (Å²) in [6, 6.07) is 0. The van der Waals surface area contributed by atoms with E-state index in [4.69, 9.17) is 0 Å². The standard InChI is InChI=1S/C9H15N3O2/c1-4-12(5-2)9-10-7(13)6(3)8(14)11-9/h4-5H2,1-3H3,(H2,10,11,13,14). The second-order valence-corrected chi connectivity index (χ2v) is 3.01. The van der Waals surface area contributed by atoms with Crippen LogP contribution in [0, 0.1) is 6.92 Å². The van der Waals surface area contributed by atoms with E-state index >= 15 is 0 Å². The zero-order valence-corrected chi connectivity index (χ0v) is 8.66. The highest BCUT2D eigenvalue weighted by molar-refractivity contribution is 5.34. The summed E-state index contributed by atoms with van der Waals surface area (Å²) in [6.45, 7) is 6.93. The monoisotopic (exact) mass is 197 g/mol. The van der Waals surface area contributed by atoms with Crippen molar-refractivity contribution in [1.29, 1.82) is 0 Å². The van der Waals surface area contributed by atoms with Crippen molar-refractivity contribution in [3.63, 3.8) is 0 Å². The van der Waals surface area contributed by atoms with Crippen LogP contribution in [-0.2, 0) is 0 Å². The van der Waals surface area contributed by atoms with Crippen molar-refractivity contribution in [2.24, 2.45) is 0 Å². The predicted octanol–water partition coefficient (Wildman–Crippen LogP) is 0.630. The summed E-state index contributed by atoms with van der Waals surface area (Å²) in [5.74, 6) is 0.221. The average molecular weight is 197 g/mol. The van der Waals surface area contributed by atoms with Gasteiger partial charge in [-0.15, -0.1) is 0 Å². The molecule has 1 rings (SSSR count). The SMILES string of the molecule is CCN(CC)c1nc(O)c(C)c(=O)[nH]1. The van der Waals surface area contributed by atoms with Gasteiger partial charge in [-0.05, 0) is 20.8 Å². The molecule has 14 heavy (non-hydrogen) atoms. The van der Waals surface area contributed by atoms with Crippen LogP contribution in [0.2, 0.25) is 0 Å². The Labute approximate surface area is 82.4 Å². The zero-order valence-electron chi connectivity index (χ0n) is 8.66. The van der Waals surface area contributed by atoms with E-state index in [9.17, 15) is 9.90 Å². The Bertz CT molecular complexity index is 369. The van der Waals surface area contributed by atoms with E-state index in [1.54, 1.807) is 0 Å². The molecule has 0 spiro atoms. The number of aromatic nitrogens is 2. The lowest BCUT2D eigenvalue weighted by Crippen LogP contribution is -2.27. The quantitative estimate of drug-likeness (QED) is 0.745. The molecule has 0 fully saturated rings. The van der Waals surface area contributed by atoms with Gasteiger partial charge in [-0.25, -0.2) is 0 Å².